The Morgan fingerprint density at radius 1 is 1.55 bits per heavy atom. The van der Waals surface area contributed by atoms with Crippen molar-refractivity contribution >= 4 is 5.78 Å². The van der Waals surface area contributed by atoms with E-state index in [4.69, 9.17) is 0 Å². The lowest BCUT2D eigenvalue weighted by atomic mass is 9.89. The standard InChI is InChI=1S/C10H16O/c1-2-6-10(11)9-7-4-3-5-8-9/h3-4,9H,2,5-8H2,1H3. The van der Waals surface area contributed by atoms with Gasteiger partial charge in [-0.05, 0) is 25.7 Å². The monoisotopic (exact) mass is 152 g/mol. The summed E-state index contributed by atoms with van der Waals surface area (Å²) in [6.45, 7) is 2.07. The van der Waals surface area contributed by atoms with Gasteiger partial charge < -0.3 is 0 Å². The van der Waals surface area contributed by atoms with E-state index in [2.05, 4.69) is 19.1 Å². The third kappa shape index (κ3) is 2.49. The van der Waals surface area contributed by atoms with Gasteiger partial charge in [0.2, 0.25) is 0 Å². The zero-order chi connectivity index (χ0) is 8.10. The summed E-state index contributed by atoms with van der Waals surface area (Å²) < 4.78 is 0. The highest BCUT2D eigenvalue weighted by molar-refractivity contribution is 5.81. The van der Waals surface area contributed by atoms with Crippen LogP contribution in [0.4, 0.5) is 0 Å². The van der Waals surface area contributed by atoms with Gasteiger partial charge in [0.25, 0.3) is 0 Å². The summed E-state index contributed by atoms with van der Waals surface area (Å²) in [5, 5.41) is 0. The van der Waals surface area contributed by atoms with E-state index in [1.807, 2.05) is 0 Å². The average molecular weight is 152 g/mol. The van der Waals surface area contributed by atoms with E-state index < -0.39 is 0 Å². The molecule has 1 heteroatoms. The first kappa shape index (κ1) is 8.51. The zero-order valence-corrected chi connectivity index (χ0v) is 7.18. The second-order valence-corrected chi connectivity index (χ2v) is 3.20. The van der Waals surface area contributed by atoms with E-state index in [0.717, 1.165) is 32.1 Å². The zero-order valence-electron chi connectivity index (χ0n) is 7.18. The smallest absolute Gasteiger partial charge is 0.136 e. The van der Waals surface area contributed by atoms with Gasteiger partial charge in [-0.15, -0.1) is 0 Å². The van der Waals surface area contributed by atoms with Crippen molar-refractivity contribution < 1.29 is 4.79 Å². The van der Waals surface area contributed by atoms with Crippen molar-refractivity contribution in [2.45, 2.75) is 39.0 Å². The molecule has 0 saturated heterocycles. The fourth-order valence-electron chi connectivity index (χ4n) is 1.54. The van der Waals surface area contributed by atoms with Gasteiger partial charge in [0.05, 0.1) is 0 Å². The van der Waals surface area contributed by atoms with E-state index >= 15 is 0 Å². The molecule has 0 fully saturated rings. The predicted octanol–water partition coefficient (Wildman–Crippen LogP) is 2.71. The van der Waals surface area contributed by atoms with Gasteiger partial charge in [0, 0.05) is 12.3 Å². The van der Waals surface area contributed by atoms with Gasteiger partial charge in [0.15, 0.2) is 0 Å². The number of hydrogen-bond donors (Lipinski definition) is 0. The van der Waals surface area contributed by atoms with Crippen LogP contribution in [-0.4, -0.2) is 5.78 Å². The quantitative estimate of drug-likeness (QED) is 0.568. The number of hydrogen-bond acceptors (Lipinski definition) is 1. The van der Waals surface area contributed by atoms with Crippen LogP contribution in [0.25, 0.3) is 0 Å². The van der Waals surface area contributed by atoms with Crippen molar-refractivity contribution in [3.05, 3.63) is 12.2 Å². The topological polar surface area (TPSA) is 17.1 Å². The summed E-state index contributed by atoms with van der Waals surface area (Å²) in [5.41, 5.74) is 0. The fraction of sp³-hybridized carbons (Fsp3) is 0.700. The van der Waals surface area contributed by atoms with Crippen LogP contribution in [0.2, 0.25) is 0 Å². The first-order chi connectivity index (χ1) is 5.34. The summed E-state index contributed by atoms with van der Waals surface area (Å²) in [7, 11) is 0. The van der Waals surface area contributed by atoms with E-state index in [9.17, 15) is 4.79 Å². The van der Waals surface area contributed by atoms with E-state index in [0.29, 0.717) is 11.7 Å². The molecule has 62 valence electrons. The van der Waals surface area contributed by atoms with Crippen molar-refractivity contribution in [3.63, 3.8) is 0 Å². The minimum atomic E-state index is 0.347. The van der Waals surface area contributed by atoms with Gasteiger partial charge in [-0.1, -0.05) is 19.1 Å². The molecule has 1 aliphatic carbocycles. The third-order valence-corrected chi connectivity index (χ3v) is 2.22. The maximum atomic E-state index is 11.4. The van der Waals surface area contributed by atoms with Gasteiger partial charge in [-0.3, -0.25) is 4.79 Å². The Kier molecular flexibility index (Phi) is 3.34. The van der Waals surface area contributed by atoms with Crippen LogP contribution in [0.15, 0.2) is 12.2 Å². The SMILES string of the molecule is CCCC(=O)C1CC=CCC1. The van der Waals surface area contributed by atoms with Crippen LogP contribution in [0.1, 0.15) is 39.0 Å². The number of Topliss-reactive ketones (excluding diaryl/α,β-unsaturated/α-hetero) is 1. The molecule has 11 heavy (non-hydrogen) atoms. The number of carbonyl (C=O) groups excluding carboxylic acids is 1. The Bertz CT molecular complexity index is 158. The number of allylic oxidation sites excluding steroid dienone is 2. The molecule has 0 aromatic rings. The molecule has 0 radical (unpaired) electrons. The van der Waals surface area contributed by atoms with Crippen LogP contribution < -0.4 is 0 Å². The van der Waals surface area contributed by atoms with Crippen molar-refractivity contribution in [2.75, 3.05) is 0 Å². The maximum Gasteiger partial charge on any atom is 0.136 e. The molecule has 1 rings (SSSR count). The van der Waals surface area contributed by atoms with Gasteiger partial charge >= 0.3 is 0 Å². The highest BCUT2D eigenvalue weighted by Gasteiger charge is 2.16. The maximum absolute atomic E-state index is 11.4. The van der Waals surface area contributed by atoms with Crippen molar-refractivity contribution in [1.82, 2.24) is 0 Å². The Morgan fingerprint density at radius 2 is 2.36 bits per heavy atom. The second kappa shape index (κ2) is 4.32. The largest absolute Gasteiger partial charge is 0.299 e. The Balaban J connectivity index is 2.34. The molecule has 1 unspecified atom stereocenters. The van der Waals surface area contributed by atoms with Gasteiger partial charge in [-0.25, -0.2) is 0 Å². The minimum Gasteiger partial charge on any atom is -0.299 e. The van der Waals surface area contributed by atoms with Crippen LogP contribution in [0, 0.1) is 5.92 Å². The normalized spacial score (nSPS) is 23.5. The number of carbonyl (C=O) groups is 1. The predicted molar refractivity (Wildman–Crippen MR) is 46.4 cm³/mol. The van der Waals surface area contributed by atoms with Crippen molar-refractivity contribution in [3.8, 4) is 0 Å². The second-order valence-electron chi connectivity index (χ2n) is 3.20. The van der Waals surface area contributed by atoms with E-state index in [1.165, 1.54) is 0 Å². The molecule has 0 spiro atoms. The molecule has 1 aliphatic rings. The summed E-state index contributed by atoms with van der Waals surface area (Å²) in [6, 6.07) is 0. The van der Waals surface area contributed by atoms with Crippen LogP contribution in [-0.2, 0) is 4.79 Å². The molecule has 0 aliphatic heterocycles. The molecule has 0 amide bonds. The first-order valence-electron chi connectivity index (χ1n) is 4.52. The molecule has 1 nitrogen and oxygen atoms in total. The summed E-state index contributed by atoms with van der Waals surface area (Å²) in [5.74, 6) is 0.816. The molecule has 0 aromatic carbocycles. The third-order valence-electron chi connectivity index (χ3n) is 2.22. The molecule has 0 saturated carbocycles. The highest BCUT2D eigenvalue weighted by atomic mass is 16.1. The van der Waals surface area contributed by atoms with Crippen LogP contribution >= 0.6 is 0 Å². The summed E-state index contributed by atoms with van der Waals surface area (Å²) >= 11 is 0. The summed E-state index contributed by atoms with van der Waals surface area (Å²) in [6.07, 6.45) is 9.25. The average Bonchev–Trinajstić information content (AvgIpc) is 2.07. The van der Waals surface area contributed by atoms with Crippen LogP contribution in [0.5, 0.6) is 0 Å². The van der Waals surface area contributed by atoms with Gasteiger partial charge in [-0.2, -0.15) is 0 Å². The lowest BCUT2D eigenvalue weighted by Crippen LogP contribution is -2.14. The van der Waals surface area contributed by atoms with Crippen molar-refractivity contribution in [2.24, 2.45) is 5.92 Å². The number of ketones is 1. The number of rotatable bonds is 3. The fourth-order valence-corrected chi connectivity index (χ4v) is 1.54. The lowest BCUT2D eigenvalue weighted by Gasteiger charge is -2.15. The van der Waals surface area contributed by atoms with Gasteiger partial charge in [0.1, 0.15) is 5.78 Å². The lowest BCUT2D eigenvalue weighted by molar-refractivity contribution is -0.123. The van der Waals surface area contributed by atoms with E-state index in [1.54, 1.807) is 0 Å². The molecular formula is C10H16O. The Morgan fingerprint density at radius 3 is 2.91 bits per heavy atom. The molecular weight excluding hydrogens is 136 g/mol. The first-order valence-corrected chi connectivity index (χ1v) is 4.52. The van der Waals surface area contributed by atoms with E-state index in [-0.39, 0.29) is 0 Å². The molecule has 0 bridgehead atoms. The Labute approximate surface area is 68.5 Å². The van der Waals surface area contributed by atoms with Crippen molar-refractivity contribution in [1.29, 1.82) is 0 Å². The molecule has 1 atom stereocenters. The van der Waals surface area contributed by atoms with Crippen LogP contribution in [0.3, 0.4) is 0 Å². The summed E-state index contributed by atoms with van der Waals surface area (Å²) in [4.78, 5) is 11.4. The Hall–Kier alpha value is -0.590. The molecule has 0 N–H and O–H groups in total. The molecule has 0 heterocycles. The minimum absolute atomic E-state index is 0.347. The molecule has 0 aromatic heterocycles. The highest BCUT2D eigenvalue weighted by Crippen LogP contribution is 2.20.